The standard InChI is InChI=1S/C30H37N9O3/c1-18-25(16-32-37-18)35-29-31-11-7-23(34-29)19-5-6-22-20(15-19)17-39(21-9-13-41-14-10-21)12-8-24(22)33-27(40)26-36-28(42-38-26)30(2,3)4/h5-7,11,15-16,21,24H,8-10,12-14,17H2,1-4H3,(H,32,37)(H,33,40)(H,31,34,35)/t24-/m1/s1. The van der Waals surface area contributed by atoms with E-state index in [1.165, 1.54) is 0 Å². The molecule has 3 N–H and O–H groups in total. The molecule has 3 aromatic heterocycles. The van der Waals surface area contributed by atoms with Crippen molar-refractivity contribution in [2.45, 2.75) is 71.0 Å². The number of nitrogens with one attached hydrogen (secondary N) is 3. The number of hydrogen-bond donors (Lipinski definition) is 3. The average Bonchev–Trinajstić information content (AvgIpc) is 3.61. The molecule has 5 heterocycles. The largest absolute Gasteiger partial charge is 0.381 e. The van der Waals surface area contributed by atoms with Crippen molar-refractivity contribution in [1.29, 1.82) is 0 Å². The summed E-state index contributed by atoms with van der Waals surface area (Å²) in [5.41, 5.74) is 5.43. The van der Waals surface area contributed by atoms with E-state index in [1.54, 1.807) is 12.4 Å². The molecule has 0 saturated carbocycles. The molecule has 0 radical (unpaired) electrons. The van der Waals surface area contributed by atoms with Gasteiger partial charge in [-0.2, -0.15) is 10.1 Å². The van der Waals surface area contributed by atoms with Gasteiger partial charge in [-0.15, -0.1) is 0 Å². The predicted octanol–water partition coefficient (Wildman–Crippen LogP) is 4.46. The molecular weight excluding hydrogens is 534 g/mol. The number of nitrogens with zero attached hydrogens (tertiary/aromatic N) is 6. The summed E-state index contributed by atoms with van der Waals surface area (Å²) in [7, 11) is 0. The SMILES string of the molecule is Cc1[nH]ncc1Nc1nccc(-c2ccc3c(c2)CN(C2CCOCC2)CC[C@H]3NC(=O)c2noc(C(C)(C)C)n2)n1. The van der Waals surface area contributed by atoms with E-state index in [4.69, 9.17) is 14.2 Å². The minimum Gasteiger partial charge on any atom is -0.381 e. The van der Waals surface area contributed by atoms with Crippen molar-refractivity contribution in [1.82, 2.24) is 40.5 Å². The number of H-pyrrole nitrogens is 1. The number of benzene rings is 1. The number of hydrogen-bond acceptors (Lipinski definition) is 10. The topological polar surface area (TPSA) is 147 Å². The van der Waals surface area contributed by atoms with Gasteiger partial charge in [-0.1, -0.05) is 38.1 Å². The maximum Gasteiger partial charge on any atom is 0.293 e. The number of ether oxygens (including phenoxy) is 1. The Morgan fingerprint density at radius 1 is 1.12 bits per heavy atom. The van der Waals surface area contributed by atoms with Crippen LogP contribution >= 0.6 is 0 Å². The third kappa shape index (κ3) is 6.04. The van der Waals surface area contributed by atoms with Crippen molar-refractivity contribution in [3.05, 3.63) is 65.2 Å². The Morgan fingerprint density at radius 2 is 1.95 bits per heavy atom. The zero-order valence-corrected chi connectivity index (χ0v) is 24.5. The number of amides is 1. The first-order valence-corrected chi connectivity index (χ1v) is 14.4. The molecule has 2 aliphatic rings. The number of anilines is 2. The average molecular weight is 572 g/mol. The maximum atomic E-state index is 13.3. The van der Waals surface area contributed by atoms with Crippen LogP contribution in [0.25, 0.3) is 11.3 Å². The molecule has 1 amide bonds. The fourth-order valence-corrected chi connectivity index (χ4v) is 5.52. The van der Waals surface area contributed by atoms with Gasteiger partial charge in [-0.3, -0.25) is 14.8 Å². The van der Waals surface area contributed by atoms with Gasteiger partial charge < -0.3 is 19.9 Å². The lowest BCUT2D eigenvalue weighted by Gasteiger charge is -2.33. The number of aromatic amines is 1. The zero-order valence-electron chi connectivity index (χ0n) is 24.5. The number of carbonyl (C=O) groups excluding carboxylic acids is 1. The molecule has 1 atom stereocenters. The Labute approximate surface area is 244 Å². The third-order valence-corrected chi connectivity index (χ3v) is 7.91. The summed E-state index contributed by atoms with van der Waals surface area (Å²) in [6.45, 7) is 11.0. The van der Waals surface area contributed by atoms with Crippen LogP contribution in [0.5, 0.6) is 0 Å². The smallest absolute Gasteiger partial charge is 0.293 e. The first-order chi connectivity index (χ1) is 20.2. The van der Waals surface area contributed by atoms with Crippen LogP contribution < -0.4 is 10.6 Å². The van der Waals surface area contributed by atoms with Crippen molar-refractivity contribution < 1.29 is 14.1 Å². The molecule has 12 nitrogen and oxygen atoms in total. The Hall–Kier alpha value is -4.16. The lowest BCUT2D eigenvalue weighted by Crippen LogP contribution is -2.39. The highest BCUT2D eigenvalue weighted by atomic mass is 16.5. The molecule has 0 aliphatic carbocycles. The van der Waals surface area contributed by atoms with Crippen LogP contribution in [0.1, 0.15) is 79.4 Å². The quantitative estimate of drug-likeness (QED) is 0.303. The van der Waals surface area contributed by atoms with E-state index >= 15 is 0 Å². The maximum absolute atomic E-state index is 13.3. The Bertz CT molecular complexity index is 1550. The summed E-state index contributed by atoms with van der Waals surface area (Å²) >= 11 is 0. The van der Waals surface area contributed by atoms with E-state index in [1.807, 2.05) is 33.8 Å². The van der Waals surface area contributed by atoms with Crippen LogP contribution in [-0.4, -0.2) is 66.9 Å². The van der Waals surface area contributed by atoms with Gasteiger partial charge in [-0.25, -0.2) is 9.97 Å². The van der Waals surface area contributed by atoms with Crippen LogP contribution in [0.4, 0.5) is 11.6 Å². The Balaban J connectivity index is 1.29. The minimum atomic E-state index is -0.338. The molecule has 1 fully saturated rings. The van der Waals surface area contributed by atoms with Crippen LogP contribution in [0.15, 0.2) is 41.2 Å². The van der Waals surface area contributed by atoms with Gasteiger partial charge in [0, 0.05) is 49.5 Å². The van der Waals surface area contributed by atoms with Gasteiger partial charge in [0.2, 0.25) is 11.8 Å². The second-order valence-corrected chi connectivity index (χ2v) is 12.0. The first kappa shape index (κ1) is 28.0. The van der Waals surface area contributed by atoms with E-state index in [0.29, 0.717) is 17.9 Å². The predicted molar refractivity (Wildman–Crippen MR) is 156 cm³/mol. The molecule has 42 heavy (non-hydrogen) atoms. The molecule has 4 aromatic rings. The number of carbonyl (C=O) groups is 1. The third-order valence-electron chi connectivity index (χ3n) is 7.91. The Morgan fingerprint density at radius 3 is 2.69 bits per heavy atom. The van der Waals surface area contributed by atoms with E-state index in [2.05, 4.69) is 59.1 Å². The molecule has 0 bridgehead atoms. The normalized spacial score (nSPS) is 18.3. The van der Waals surface area contributed by atoms with Gasteiger partial charge in [-0.05, 0) is 49.4 Å². The number of aromatic nitrogens is 6. The van der Waals surface area contributed by atoms with Crippen molar-refractivity contribution in [3.63, 3.8) is 0 Å². The highest BCUT2D eigenvalue weighted by Crippen LogP contribution is 2.33. The molecule has 12 heteroatoms. The number of aryl methyl sites for hydroxylation is 1. The molecule has 220 valence electrons. The van der Waals surface area contributed by atoms with E-state index in [9.17, 15) is 4.79 Å². The lowest BCUT2D eigenvalue weighted by molar-refractivity contribution is 0.0309. The highest BCUT2D eigenvalue weighted by molar-refractivity contribution is 5.90. The molecule has 0 spiro atoms. The summed E-state index contributed by atoms with van der Waals surface area (Å²) in [5, 5.41) is 17.4. The molecule has 6 rings (SSSR count). The monoisotopic (exact) mass is 571 g/mol. The molecule has 0 unspecified atom stereocenters. The first-order valence-electron chi connectivity index (χ1n) is 14.4. The number of rotatable bonds is 6. The van der Waals surface area contributed by atoms with Crippen molar-refractivity contribution >= 4 is 17.5 Å². The Kier molecular flexibility index (Phi) is 7.74. The van der Waals surface area contributed by atoms with Gasteiger partial charge in [0.1, 0.15) is 0 Å². The summed E-state index contributed by atoms with van der Waals surface area (Å²) in [6.07, 6.45) is 6.23. The highest BCUT2D eigenvalue weighted by Gasteiger charge is 2.31. The number of fused-ring (bicyclic) bond motifs is 1. The van der Waals surface area contributed by atoms with E-state index < -0.39 is 0 Å². The van der Waals surface area contributed by atoms with Crippen molar-refractivity contribution in [2.75, 3.05) is 25.1 Å². The summed E-state index contributed by atoms with van der Waals surface area (Å²) < 4.78 is 11.0. The fourth-order valence-electron chi connectivity index (χ4n) is 5.52. The molecule has 2 aliphatic heterocycles. The lowest BCUT2D eigenvalue weighted by atomic mass is 9.96. The van der Waals surface area contributed by atoms with E-state index in [-0.39, 0.29) is 23.2 Å². The van der Waals surface area contributed by atoms with Gasteiger partial charge in [0.15, 0.2) is 0 Å². The van der Waals surface area contributed by atoms with Gasteiger partial charge >= 0.3 is 0 Å². The van der Waals surface area contributed by atoms with Crippen LogP contribution in [-0.2, 0) is 16.7 Å². The summed E-state index contributed by atoms with van der Waals surface area (Å²) in [5.74, 6) is 0.647. The molecule has 1 saturated heterocycles. The minimum absolute atomic E-state index is 0.0532. The zero-order chi connectivity index (χ0) is 29.3. The van der Waals surface area contributed by atoms with Crippen LogP contribution in [0.3, 0.4) is 0 Å². The van der Waals surface area contributed by atoms with Crippen molar-refractivity contribution in [2.24, 2.45) is 0 Å². The second kappa shape index (κ2) is 11.6. The van der Waals surface area contributed by atoms with Gasteiger partial charge in [0.25, 0.3) is 11.7 Å². The van der Waals surface area contributed by atoms with Crippen LogP contribution in [0.2, 0.25) is 0 Å². The molecule has 1 aromatic carbocycles. The van der Waals surface area contributed by atoms with Gasteiger partial charge in [0.05, 0.1) is 29.3 Å². The second-order valence-electron chi connectivity index (χ2n) is 12.0. The van der Waals surface area contributed by atoms with E-state index in [0.717, 1.165) is 79.3 Å². The van der Waals surface area contributed by atoms with Crippen LogP contribution in [0, 0.1) is 6.92 Å². The summed E-state index contributed by atoms with van der Waals surface area (Å²) in [4.78, 5) is 29.4. The van der Waals surface area contributed by atoms with Crippen molar-refractivity contribution in [3.8, 4) is 11.3 Å². The summed E-state index contributed by atoms with van der Waals surface area (Å²) in [6, 6.07) is 8.50. The fraction of sp³-hybridized carbons (Fsp3) is 0.467. The molecular formula is C30H37N9O3.